The molecule has 0 N–H and O–H groups in total. The first-order chi connectivity index (χ1) is 8.16. The van der Waals surface area contributed by atoms with Crippen LogP contribution in [0.2, 0.25) is 0 Å². The molecule has 0 radical (unpaired) electrons. The highest BCUT2D eigenvalue weighted by atomic mass is 16.5. The lowest BCUT2D eigenvalue weighted by atomic mass is 10.1. The Kier molecular flexibility index (Phi) is 4.79. The quantitative estimate of drug-likeness (QED) is 0.709. The van der Waals surface area contributed by atoms with E-state index in [0.717, 1.165) is 13.2 Å². The maximum Gasteiger partial charge on any atom is 0.0623 e. The lowest BCUT2D eigenvalue weighted by Crippen LogP contribution is -2.51. The van der Waals surface area contributed by atoms with Crippen molar-refractivity contribution in [3.63, 3.8) is 0 Å². The van der Waals surface area contributed by atoms with E-state index in [1.54, 1.807) is 0 Å². The molecule has 2 aliphatic rings. The molecule has 2 rings (SSSR count). The Balaban J connectivity index is 1.70. The maximum absolute atomic E-state index is 5.65. The average molecular weight is 241 g/mol. The fourth-order valence-corrected chi connectivity index (χ4v) is 2.66. The molecule has 0 aliphatic carbocycles. The molecule has 0 spiro atoms. The zero-order chi connectivity index (χ0) is 12.3. The molecular formula is C13H27N3O. The van der Waals surface area contributed by atoms with Crippen molar-refractivity contribution >= 4 is 0 Å². The third kappa shape index (κ3) is 3.65. The van der Waals surface area contributed by atoms with Crippen molar-refractivity contribution in [1.29, 1.82) is 0 Å². The number of ether oxygens (including phenoxy) is 1. The molecule has 0 unspecified atom stereocenters. The van der Waals surface area contributed by atoms with E-state index >= 15 is 0 Å². The van der Waals surface area contributed by atoms with Gasteiger partial charge in [-0.05, 0) is 34.0 Å². The molecule has 0 amide bonds. The fourth-order valence-electron chi connectivity index (χ4n) is 2.66. The van der Waals surface area contributed by atoms with Gasteiger partial charge in [0.2, 0.25) is 0 Å². The number of hydrogen-bond donors (Lipinski definition) is 0. The molecule has 0 aromatic heterocycles. The van der Waals surface area contributed by atoms with E-state index < -0.39 is 0 Å². The second-order valence-electron chi connectivity index (χ2n) is 5.64. The average Bonchev–Trinajstić information content (AvgIpc) is 2.33. The number of likely N-dealkylation sites (N-methyl/N-ethyl adjacent to an activating group) is 2. The van der Waals surface area contributed by atoms with Crippen molar-refractivity contribution in [3.8, 4) is 0 Å². The van der Waals surface area contributed by atoms with Crippen molar-refractivity contribution in [2.75, 3.05) is 60.0 Å². The van der Waals surface area contributed by atoms with Gasteiger partial charge in [0, 0.05) is 38.3 Å². The number of hydrogen-bond acceptors (Lipinski definition) is 4. The highest BCUT2D eigenvalue weighted by molar-refractivity contribution is 4.80. The van der Waals surface area contributed by atoms with Gasteiger partial charge in [0.15, 0.2) is 0 Å². The van der Waals surface area contributed by atoms with Gasteiger partial charge >= 0.3 is 0 Å². The molecule has 2 saturated heterocycles. The van der Waals surface area contributed by atoms with Gasteiger partial charge in [-0.3, -0.25) is 4.90 Å². The monoisotopic (exact) mass is 241 g/mol. The number of nitrogens with zero attached hydrogens (tertiary/aromatic N) is 3. The lowest BCUT2D eigenvalue weighted by molar-refractivity contribution is -0.0353. The Labute approximate surface area is 105 Å². The van der Waals surface area contributed by atoms with Crippen LogP contribution in [0.3, 0.4) is 0 Å². The van der Waals surface area contributed by atoms with Gasteiger partial charge in [-0.25, -0.2) is 0 Å². The van der Waals surface area contributed by atoms with Crippen LogP contribution in [0, 0.1) is 0 Å². The minimum Gasteiger partial charge on any atom is -0.378 e. The fraction of sp³-hybridized carbons (Fsp3) is 1.00. The van der Waals surface area contributed by atoms with E-state index in [4.69, 9.17) is 4.74 Å². The SMILES string of the molecule is C[C@H]1COC[C@@H](CCN2CCN(C)CC2)N1C. The number of rotatable bonds is 3. The second kappa shape index (κ2) is 6.14. The van der Waals surface area contributed by atoms with Gasteiger partial charge < -0.3 is 14.5 Å². The Bertz CT molecular complexity index is 229. The molecule has 17 heavy (non-hydrogen) atoms. The molecule has 0 saturated carbocycles. The smallest absolute Gasteiger partial charge is 0.0623 e. The van der Waals surface area contributed by atoms with Gasteiger partial charge in [0.05, 0.1) is 13.2 Å². The van der Waals surface area contributed by atoms with Crippen molar-refractivity contribution in [2.24, 2.45) is 0 Å². The first-order valence-electron chi connectivity index (χ1n) is 6.87. The largest absolute Gasteiger partial charge is 0.378 e. The summed E-state index contributed by atoms with van der Waals surface area (Å²) in [5, 5.41) is 0. The number of piperazine rings is 1. The summed E-state index contributed by atoms with van der Waals surface area (Å²) in [6.07, 6.45) is 1.24. The lowest BCUT2D eigenvalue weighted by Gasteiger charge is -2.39. The molecule has 2 atom stereocenters. The van der Waals surface area contributed by atoms with Gasteiger partial charge in [-0.1, -0.05) is 0 Å². The first kappa shape index (κ1) is 13.3. The van der Waals surface area contributed by atoms with Crippen LogP contribution in [0.5, 0.6) is 0 Å². The molecule has 2 fully saturated rings. The summed E-state index contributed by atoms with van der Waals surface area (Å²) in [7, 11) is 4.45. The Morgan fingerprint density at radius 1 is 1.06 bits per heavy atom. The van der Waals surface area contributed by atoms with Crippen LogP contribution < -0.4 is 0 Å². The summed E-state index contributed by atoms with van der Waals surface area (Å²) in [6.45, 7) is 10.2. The van der Waals surface area contributed by atoms with Gasteiger partial charge in [-0.15, -0.1) is 0 Å². The predicted octanol–water partition coefficient (Wildman–Crippen LogP) is 0.343. The third-order valence-corrected chi connectivity index (χ3v) is 4.31. The van der Waals surface area contributed by atoms with Crippen LogP contribution in [0.15, 0.2) is 0 Å². The van der Waals surface area contributed by atoms with Crippen LogP contribution >= 0.6 is 0 Å². The summed E-state index contributed by atoms with van der Waals surface area (Å²) in [5.74, 6) is 0. The van der Waals surface area contributed by atoms with E-state index in [1.807, 2.05) is 0 Å². The van der Waals surface area contributed by atoms with Crippen molar-refractivity contribution in [2.45, 2.75) is 25.4 Å². The maximum atomic E-state index is 5.65. The molecular weight excluding hydrogens is 214 g/mol. The van der Waals surface area contributed by atoms with Crippen LogP contribution in [0.25, 0.3) is 0 Å². The molecule has 0 aromatic rings. The topological polar surface area (TPSA) is 19.0 Å². The summed E-state index contributed by atoms with van der Waals surface area (Å²) in [5.41, 5.74) is 0. The minimum absolute atomic E-state index is 0.571. The Morgan fingerprint density at radius 3 is 2.47 bits per heavy atom. The van der Waals surface area contributed by atoms with E-state index in [0.29, 0.717) is 12.1 Å². The van der Waals surface area contributed by atoms with E-state index in [2.05, 4.69) is 35.7 Å². The molecule has 0 bridgehead atoms. The molecule has 2 aliphatic heterocycles. The summed E-state index contributed by atoms with van der Waals surface area (Å²) in [6, 6.07) is 1.18. The molecule has 2 heterocycles. The number of morpholine rings is 1. The van der Waals surface area contributed by atoms with Crippen LogP contribution in [0.1, 0.15) is 13.3 Å². The molecule has 4 nitrogen and oxygen atoms in total. The zero-order valence-electron chi connectivity index (χ0n) is 11.6. The van der Waals surface area contributed by atoms with E-state index in [9.17, 15) is 0 Å². The zero-order valence-corrected chi connectivity index (χ0v) is 11.6. The van der Waals surface area contributed by atoms with Gasteiger partial charge in [0.25, 0.3) is 0 Å². The van der Waals surface area contributed by atoms with E-state index in [-0.39, 0.29) is 0 Å². The highest BCUT2D eigenvalue weighted by Crippen LogP contribution is 2.14. The molecule has 0 aromatic carbocycles. The predicted molar refractivity (Wildman–Crippen MR) is 70.4 cm³/mol. The van der Waals surface area contributed by atoms with Gasteiger partial charge in [-0.2, -0.15) is 0 Å². The van der Waals surface area contributed by atoms with Crippen LogP contribution in [0.4, 0.5) is 0 Å². The van der Waals surface area contributed by atoms with Crippen LogP contribution in [-0.2, 0) is 4.74 Å². The minimum atomic E-state index is 0.571. The Hall–Kier alpha value is -0.160. The van der Waals surface area contributed by atoms with E-state index in [1.165, 1.54) is 39.1 Å². The standard InChI is InChI=1S/C13H27N3O/c1-12-10-17-11-13(15(12)3)4-5-16-8-6-14(2)7-9-16/h12-13H,4-11H2,1-3H3/t12-,13+/m0/s1. The van der Waals surface area contributed by atoms with Gasteiger partial charge in [0.1, 0.15) is 0 Å². The normalized spacial score (nSPS) is 34.1. The summed E-state index contributed by atoms with van der Waals surface area (Å²) >= 11 is 0. The Morgan fingerprint density at radius 2 is 1.76 bits per heavy atom. The van der Waals surface area contributed by atoms with Crippen molar-refractivity contribution in [3.05, 3.63) is 0 Å². The highest BCUT2D eigenvalue weighted by Gasteiger charge is 2.25. The molecule has 4 heteroatoms. The summed E-state index contributed by atoms with van der Waals surface area (Å²) < 4.78 is 5.65. The van der Waals surface area contributed by atoms with Crippen molar-refractivity contribution < 1.29 is 4.74 Å². The third-order valence-electron chi connectivity index (χ3n) is 4.31. The molecule has 100 valence electrons. The van der Waals surface area contributed by atoms with Crippen molar-refractivity contribution in [1.82, 2.24) is 14.7 Å². The second-order valence-corrected chi connectivity index (χ2v) is 5.64. The van der Waals surface area contributed by atoms with Crippen LogP contribution in [-0.4, -0.2) is 86.8 Å². The first-order valence-corrected chi connectivity index (χ1v) is 6.87. The summed E-state index contributed by atoms with van der Waals surface area (Å²) in [4.78, 5) is 7.49.